The molecule has 0 aliphatic carbocycles. The summed E-state index contributed by atoms with van der Waals surface area (Å²) in [4.78, 5) is 24.1. The minimum absolute atomic E-state index is 0.169. The first-order chi connectivity index (χ1) is 6.57. The average molecular weight is 199 g/mol. The zero-order valence-corrected chi connectivity index (χ0v) is 7.77. The van der Waals surface area contributed by atoms with E-state index in [0.29, 0.717) is 12.8 Å². The van der Waals surface area contributed by atoms with Gasteiger partial charge in [0.05, 0.1) is 0 Å². The van der Waals surface area contributed by atoms with Gasteiger partial charge in [0, 0.05) is 6.54 Å². The predicted molar refractivity (Wildman–Crippen MR) is 46.9 cm³/mol. The highest BCUT2D eigenvalue weighted by molar-refractivity contribution is 5.99. The van der Waals surface area contributed by atoms with Gasteiger partial charge < -0.3 is 15.1 Å². The standard InChI is InChI=1S/C9H13NO4/c11-7(12)9(8(13)14)5-10-3-1-6(9)2-4-10/h6H,1-5H2,(H,11,12)(H,13,14). The second-order valence-electron chi connectivity index (χ2n) is 4.13. The van der Waals surface area contributed by atoms with Crippen LogP contribution in [0.4, 0.5) is 0 Å². The van der Waals surface area contributed by atoms with E-state index in [4.69, 9.17) is 10.2 Å². The van der Waals surface area contributed by atoms with E-state index in [-0.39, 0.29) is 12.5 Å². The molecule has 3 heterocycles. The van der Waals surface area contributed by atoms with Crippen LogP contribution < -0.4 is 0 Å². The Morgan fingerprint density at radius 2 is 1.64 bits per heavy atom. The van der Waals surface area contributed by atoms with Crippen molar-refractivity contribution in [3.63, 3.8) is 0 Å². The highest BCUT2D eigenvalue weighted by atomic mass is 16.4. The van der Waals surface area contributed by atoms with Crippen molar-refractivity contribution in [3.8, 4) is 0 Å². The molecule has 5 heteroatoms. The normalized spacial score (nSPS) is 34.0. The lowest BCUT2D eigenvalue weighted by Gasteiger charge is -2.48. The van der Waals surface area contributed by atoms with Crippen molar-refractivity contribution in [1.29, 1.82) is 0 Å². The Morgan fingerprint density at radius 3 is 1.86 bits per heavy atom. The molecule has 0 aromatic rings. The van der Waals surface area contributed by atoms with E-state index in [1.807, 2.05) is 4.90 Å². The molecule has 0 unspecified atom stereocenters. The van der Waals surface area contributed by atoms with Gasteiger partial charge in [-0.1, -0.05) is 0 Å². The van der Waals surface area contributed by atoms with Crippen LogP contribution in [0.5, 0.6) is 0 Å². The molecule has 0 spiro atoms. The molecule has 0 aromatic carbocycles. The first kappa shape index (κ1) is 9.45. The number of carboxylic acids is 2. The molecule has 3 aliphatic rings. The smallest absolute Gasteiger partial charge is 0.322 e. The maximum Gasteiger partial charge on any atom is 0.322 e. The summed E-state index contributed by atoms with van der Waals surface area (Å²) in [7, 11) is 0. The number of hydrogen-bond acceptors (Lipinski definition) is 3. The van der Waals surface area contributed by atoms with Gasteiger partial charge in [0.15, 0.2) is 5.41 Å². The average Bonchev–Trinajstić information content (AvgIpc) is 2.18. The highest BCUT2D eigenvalue weighted by Gasteiger charge is 2.57. The Kier molecular flexibility index (Phi) is 1.99. The molecule has 3 saturated heterocycles. The number of fused-ring (bicyclic) bond motifs is 3. The van der Waals surface area contributed by atoms with Gasteiger partial charge in [0.2, 0.25) is 0 Å². The Balaban J connectivity index is 2.36. The largest absolute Gasteiger partial charge is 0.480 e. The quantitative estimate of drug-likeness (QED) is 0.605. The van der Waals surface area contributed by atoms with Gasteiger partial charge in [-0.15, -0.1) is 0 Å². The summed E-state index contributed by atoms with van der Waals surface area (Å²) < 4.78 is 0. The number of carboxylic acid groups (broad SMARTS) is 2. The van der Waals surface area contributed by atoms with Gasteiger partial charge in [-0.25, -0.2) is 0 Å². The van der Waals surface area contributed by atoms with Crippen LogP contribution in [-0.4, -0.2) is 46.7 Å². The fraction of sp³-hybridized carbons (Fsp3) is 0.778. The van der Waals surface area contributed by atoms with Gasteiger partial charge in [-0.2, -0.15) is 0 Å². The lowest BCUT2D eigenvalue weighted by atomic mass is 9.66. The summed E-state index contributed by atoms with van der Waals surface area (Å²) in [5.41, 5.74) is -1.55. The van der Waals surface area contributed by atoms with Crippen LogP contribution in [0.3, 0.4) is 0 Å². The van der Waals surface area contributed by atoms with Crippen LogP contribution in [0, 0.1) is 11.3 Å². The van der Waals surface area contributed by atoms with E-state index in [0.717, 1.165) is 13.1 Å². The molecule has 0 radical (unpaired) electrons. The lowest BCUT2D eigenvalue weighted by molar-refractivity contribution is -0.179. The van der Waals surface area contributed by atoms with Crippen molar-refractivity contribution >= 4 is 11.9 Å². The molecule has 3 aliphatic heterocycles. The van der Waals surface area contributed by atoms with Crippen molar-refractivity contribution < 1.29 is 19.8 Å². The van der Waals surface area contributed by atoms with Crippen LogP contribution in [-0.2, 0) is 9.59 Å². The maximum atomic E-state index is 11.1. The van der Waals surface area contributed by atoms with Gasteiger partial charge in [0.1, 0.15) is 0 Å². The molecule has 2 bridgehead atoms. The Morgan fingerprint density at radius 1 is 1.14 bits per heavy atom. The van der Waals surface area contributed by atoms with E-state index in [1.165, 1.54) is 0 Å². The molecular weight excluding hydrogens is 186 g/mol. The number of aliphatic carboxylic acids is 2. The first-order valence-electron chi connectivity index (χ1n) is 4.76. The molecule has 14 heavy (non-hydrogen) atoms. The van der Waals surface area contributed by atoms with Gasteiger partial charge in [-0.05, 0) is 31.8 Å². The maximum absolute atomic E-state index is 11.1. The monoisotopic (exact) mass is 199 g/mol. The first-order valence-corrected chi connectivity index (χ1v) is 4.76. The number of carbonyl (C=O) groups is 2. The second-order valence-corrected chi connectivity index (χ2v) is 4.13. The fourth-order valence-electron chi connectivity index (χ4n) is 2.64. The summed E-state index contributed by atoms with van der Waals surface area (Å²) in [6, 6.07) is 0. The molecule has 0 amide bonds. The molecule has 5 nitrogen and oxygen atoms in total. The van der Waals surface area contributed by atoms with Crippen LogP contribution >= 0.6 is 0 Å². The topological polar surface area (TPSA) is 77.8 Å². The molecule has 3 fully saturated rings. The van der Waals surface area contributed by atoms with E-state index in [2.05, 4.69) is 0 Å². The van der Waals surface area contributed by atoms with Crippen LogP contribution in [0.1, 0.15) is 12.8 Å². The Bertz CT molecular complexity index is 267. The SMILES string of the molecule is O=C(O)C1(C(=O)O)CN2CCC1CC2. The lowest BCUT2D eigenvalue weighted by Crippen LogP contribution is -2.61. The van der Waals surface area contributed by atoms with Crippen molar-refractivity contribution in [3.05, 3.63) is 0 Å². The van der Waals surface area contributed by atoms with Crippen molar-refractivity contribution in [2.45, 2.75) is 12.8 Å². The van der Waals surface area contributed by atoms with Gasteiger partial charge in [-0.3, -0.25) is 9.59 Å². The zero-order valence-electron chi connectivity index (χ0n) is 7.77. The molecule has 3 rings (SSSR count). The Labute approximate surface area is 81.3 Å². The summed E-state index contributed by atoms with van der Waals surface area (Å²) in [6.45, 7) is 1.85. The summed E-state index contributed by atoms with van der Waals surface area (Å²) in [6.07, 6.45) is 1.39. The predicted octanol–water partition coefficient (Wildman–Crippen LogP) is -0.132. The van der Waals surface area contributed by atoms with Crippen LogP contribution in [0.2, 0.25) is 0 Å². The van der Waals surface area contributed by atoms with Gasteiger partial charge >= 0.3 is 11.9 Å². The van der Waals surface area contributed by atoms with Crippen molar-refractivity contribution in [2.75, 3.05) is 19.6 Å². The minimum Gasteiger partial charge on any atom is -0.480 e. The van der Waals surface area contributed by atoms with Crippen molar-refractivity contribution in [1.82, 2.24) is 4.90 Å². The molecule has 2 N–H and O–H groups in total. The third-order valence-electron chi connectivity index (χ3n) is 3.52. The van der Waals surface area contributed by atoms with Crippen LogP contribution in [0.15, 0.2) is 0 Å². The third-order valence-corrected chi connectivity index (χ3v) is 3.52. The summed E-state index contributed by atoms with van der Waals surface area (Å²) in [5, 5.41) is 18.1. The van der Waals surface area contributed by atoms with E-state index >= 15 is 0 Å². The Hall–Kier alpha value is -1.10. The molecular formula is C9H13NO4. The number of nitrogens with zero attached hydrogens (tertiary/aromatic N) is 1. The number of rotatable bonds is 2. The van der Waals surface area contributed by atoms with E-state index in [9.17, 15) is 9.59 Å². The van der Waals surface area contributed by atoms with Crippen LogP contribution in [0.25, 0.3) is 0 Å². The molecule has 0 atom stereocenters. The zero-order chi connectivity index (χ0) is 10.3. The fourth-order valence-corrected chi connectivity index (χ4v) is 2.64. The second kappa shape index (κ2) is 2.95. The molecule has 78 valence electrons. The minimum atomic E-state index is -1.55. The molecule has 0 aromatic heterocycles. The highest BCUT2D eigenvalue weighted by Crippen LogP contribution is 2.42. The van der Waals surface area contributed by atoms with E-state index in [1.54, 1.807) is 0 Å². The molecule has 0 saturated carbocycles. The number of hydrogen-bond donors (Lipinski definition) is 2. The third kappa shape index (κ3) is 1.05. The number of piperidine rings is 3. The van der Waals surface area contributed by atoms with Gasteiger partial charge in [0.25, 0.3) is 0 Å². The van der Waals surface area contributed by atoms with Crippen molar-refractivity contribution in [2.24, 2.45) is 11.3 Å². The van der Waals surface area contributed by atoms with E-state index < -0.39 is 17.4 Å². The summed E-state index contributed by atoms with van der Waals surface area (Å²) in [5.74, 6) is -2.55. The summed E-state index contributed by atoms with van der Waals surface area (Å²) >= 11 is 0.